The standard InChI is InChI=1S/C20H17ClN2O4S2/c21-18-6-8-20(28-18)29(26,27)23-12-15(4-7-19(24)25)16-10-13(3-5-17(16)23)14-2-1-9-22-11-14/h1-3,5-6,8-11,15H,4,7,12H2,(H,24,25). The summed E-state index contributed by atoms with van der Waals surface area (Å²) in [5, 5.41) is 9.11. The van der Waals surface area contributed by atoms with Crippen LogP contribution in [0.25, 0.3) is 11.1 Å². The summed E-state index contributed by atoms with van der Waals surface area (Å²) >= 11 is 6.95. The molecule has 2 aromatic heterocycles. The molecule has 1 unspecified atom stereocenters. The molecule has 1 aliphatic heterocycles. The summed E-state index contributed by atoms with van der Waals surface area (Å²) in [5.41, 5.74) is 3.24. The van der Waals surface area contributed by atoms with Gasteiger partial charge in [-0.05, 0) is 53.4 Å². The molecule has 3 heterocycles. The third-order valence-electron chi connectivity index (χ3n) is 4.92. The molecule has 1 aromatic carbocycles. The zero-order chi connectivity index (χ0) is 20.6. The average molecular weight is 449 g/mol. The molecule has 0 radical (unpaired) electrons. The van der Waals surface area contributed by atoms with E-state index in [1.165, 1.54) is 10.4 Å². The normalized spacial score (nSPS) is 16.0. The van der Waals surface area contributed by atoms with Gasteiger partial charge >= 0.3 is 5.97 Å². The van der Waals surface area contributed by atoms with Gasteiger partial charge in [-0.3, -0.25) is 14.1 Å². The average Bonchev–Trinajstić information content (AvgIpc) is 3.31. The van der Waals surface area contributed by atoms with Gasteiger partial charge in [0.25, 0.3) is 10.0 Å². The zero-order valence-electron chi connectivity index (χ0n) is 15.2. The topological polar surface area (TPSA) is 87.6 Å². The number of aliphatic carboxylic acids is 1. The van der Waals surface area contributed by atoms with Crippen molar-refractivity contribution in [2.45, 2.75) is 23.0 Å². The van der Waals surface area contributed by atoms with Crippen LogP contribution in [0.15, 0.2) is 59.1 Å². The van der Waals surface area contributed by atoms with Gasteiger partial charge in [-0.15, -0.1) is 11.3 Å². The first-order valence-electron chi connectivity index (χ1n) is 8.90. The molecule has 1 N–H and O–H groups in total. The second-order valence-electron chi connectivity index (χ2n) is 6.74. The maximum atomic E-state index is 13.2. The number of aromatic nitrogens is 1. The van der Waals surface area contributed by atoms with Crippen LogP contribution in [0, 0.1) is 0 Å². The number of anilines is 1. The molecule has 0 aliphatic carbocycles. The van der Waals surface area contributed by atoms with Crippen molar-refractivity contribution in [2.24, 2.45) is 0 Å². The fourth-order valence-electron chi connectivity index (χ4n) is 3.54. The van der Waals surface area contributed by atoms with Crippen molar-refractivity contribution in [2.75, 3.05) is 10.8 Å². The third kappa shape index (κ3) is 3.88. The van der Waals surface area contributed by atoms with Gasteiger partial charge in [-0.2, -0.15) is 0 Å². The van der Waals surface area contributed by atoms with E-state index in [2.05, 4.69) is 4.98 Å². The van der Waals surface area contributed by atoms with Crippen molar-refractivity contribution < 1.29 is 18.3 Å². The van der Waals surface area contributed by atoms with Crippen molar-refractivity contribution in [3.8, 4) is 11.1 Å². The van der Waals surface area contributed by atoms with Crippen LogP contribution in [0.3, 0.4) is 0 Å². The van der Waals surface area contributed by atoms with E-state index in [1.807, 2.05) is 24.3 Å². The number of carboxylic acids is 1. The first kappa shape index (κ1) is 19.9. The maximum Gasteiger partial charge on any atom is 0.303 e. The van der Waals surface area contributed by atoms with Gasteiger partial charge in [0.2, 0.25) is 0 Å². The third-order valence-corrected chi connectivity index (χ3v) is 8.39. The monoisotopic (exact) mass is 448 g/mol. The molecule has 6 nitrogen and oxygen atoms in total. The number of halogens is 1. The number of hydrogen-bond acceptors (Lipinski definition) is 5. The Morgan fingerprint density at radius 1 is 1.24 bits per heavy atom. The van der Waals surface area contributed by atoms with Gasteiger partial charge in [0.1, 0.15) is 4.21 Å². The summed E-state index contributed by atoms with van der Waals surface area (Å²) in [6.07, 6.45) is 3.76. The minimum absolute atomic E-state index is 0.0278. The van der Waals surface area contributed by atoms with Gasteiger partial charge in [0.15, 0.2) is 0 Å². The highest BCUT2D eigenvalue weighted by atomic mass is 35.5. The second kappa shape index (κ2) is 7.78. The van der Waals surface area contributed by atoms with E-state index in [0.717, 1.165) is 28.0 Å². The van der Waals surface area contributed by atoms with E-state index < -0.39 is 16.0 Å². The van der Waals surface area contributed by atoms with Crippen molar-refractivity contribution in [1.29, 1.82) is 0 Å². The lowest BCUT2D eigenvalue weighted by atomic mass is 9.93. The maximum absolute atomic E-state index is 13.2. The molecular weight excluding hydrogens is 432 g/mol. The van der Waals surface area contributed by atoms with Crippen molar-refractivity contribution in [1.82, 2.24) is 4.98 Å². The summed E-state index contributed by atoms with van der Waals surface area (Å²) in [5.74, 6) is -1.11. The number of carbonyl (C=O) groups is 1. The predicted octanol–water partition coefficient (Wildman–Crippen LogP) is 4.62. The number of thiophene rings is 1. The molecule has 150 valence electrons. The van der Waals surface area contributed by atoms with Gasteiger partial charge < -0.3 is 5.11 Å². The molecule has 0 spiro atoms. The lowest BCUT2D eigenvalue weighted by Crippen LogP contribution is -2.29. The fraction of sp³-hybridized carbons (Fsp3) is 0.200. The first-order valence-corrected chi connectivity index (χ1v) is 11.5. The highest BCUT2D eigenvalue weighted by Gasteiger charge is 2.37. The molecule has 1 aliphatic rings. The Bertz CT molecular complexity index is 1160. The summed E-state index contributed by atoms with van der Waals surface area (Å²) in [4.78, 5) is 15.2. The van der Waals surface area contributed by atoms with Gasteiger partial charge in [-0.1, -0.05) is 23.7 Å². The molecular formula is C20H17ClN2O4S2. The van der Waals surface area contributed by atoms with E-state index in [-0.39, 0.29) is 23.1 Å². The van der Waals surface area contributed by atoms with Crippen LogP contribution in [0.2, 0.25) is 4.34 Å². The quantitative estimate of drug-likeness (QED) is 0.594. The molecule has 0 saturated heterocycles. The van der Waals surface area contributed by atoms with Crippen molar-refractivity contribution >= 4 is 44.6 Å². The van der Waals surface area contributed by atoms with Crippen molar-refractivity contribution in [3.63, 3.8) is 0 Å². The predicted molar refractivity (Wildman–Crippen MR) is 113 cm³/mol. The molecule has 4 rings (SSSR count). The van der Waals surface area contributed by atoms with Crippen LogP contribution < -0.4 is 4.31 Å². The summed E-state index contributed by atoms with van der Waals surface area (Å²) < 4.78 is 28.3. The van der Waals surface area contributed by atoms with Crippen LogP contribution in [0.4, 0.5) is 5.69 Å². The number of benzene rings is 1. The Labute approximate surface area is 177 Å². The van der Waals surface area contributed by atoms with E-state index in [4.69, 9.17) is 16.7 Å². The Kier molecular flexibility index (Phi) is 5.33. The largest absolute Gasteiger partial charge is 0.481 e. The minimum atomic E-state index is -3.77. The minimum Gasteiger partial charge on any atom is -0.481 e. The summed E-state index contributed by atoms with van der Waals surface area (Å²) in [6.45, 7) is 0.205. The highest BCUT2D eigenvalue weighted by Crippen LogP contribution is 2.44. The fourth-order valence-corrected chi connectivity index (χ4v) is 6.67. The van der Waals surface area contributed by atoms with Gasteiger partial charge in [-0.25, -0.2) is 8.42 Å². The van der Waals surface area contributed by atoms with Crippen molar-refractivity contribution in [3.05, 3.63) is 64.8 Å². The highest BCUT2D eigenvalue weighted by molar-refractivity contribution is 7.94. The number of carboxylic acid groups (broad SMARTS) is 1. The Morgan fingerprint density at radius 3 is 2.72 bits per heavy atom. The molecule has 0 amide bonds. The Hall–Kier alpha value is -2.42. The van der Waals surface area contributed by atoms with Crippen LogP contribution in [-0.2, 0) is 14.8 Å². The zero-order valence-corrected chi connectivity index (χ0v) is 17.5. The number of pyridine rings is 1. The Morgan fingerprint density at radius 2 is 2.07 bits per heavy atom. The number of rotatable bonds is 6. The van der Waals surface area contributed by atoms with Gasteiger partial charge in [0.05, 0.1) is 10.0 Å². The second-order valence-corrected chi connectivity index (χ2v) is 10.5. The van der Waals surface area contributed by atoms with Crippen LogP contribution in [-0.4, -0.2) is 31.0 Å². The van der Waals surface area contributed by atoms with E-state index in [1.54, 1.807) is 24.5 Å². The molecule has 0 saturated carbocycles. The molecule has 9 heteroatoms. The van der Waals surface area contributed by atoms with Crippen LogP contribution in [0.1, 0.15) is 24.3 Å². The number of fused-ring (bicyclic) bond motifs is 1. The summed E-state index contributed by atoms with van der Waals surface area (Å²) in [6, 6.07) is 12.4. The molecule has 29 heavy (non-hydrogen) atoms. The van der Waals surface area contributed by atoms with E-state index in [9.17, 15) is 13.2 Å². The number of hydrogen-bond donors (Lipinski definition) is 1. The lowest BCUT2D eigenvalue weighted by molar-refractivity contribution is -0.137. The number of nitrogens with zero attached hydrogens (tertiary/aromatic N) is 2. The Balaban J connectivity index is 1.77. The first-order chi connectivity index (χ1) is 13.9. The summed E-state index contributed by atoms with van der Waals surface area (Å²) in [7, 11) is -3.77. The van der Waals surface area contributed by atoms with Crippen LogP contribution >= 0.6 is 22.9 Å². The number of sulfonamides is 1. The van der Waals surface area contributed by atoms with Crippen LogP contribution in [0.5, 0.6) is 0 Å². The molecule has 0 bridgehead atoms. The SMILES string of the molecule is O=C(O)CCC1CN(S(=O)(=O)c2ccc(Cl)s2)c2ccc(-c3cccnc3)cc21. The van der Waals surface area contributed by atoms with Gasteiger partial charge in [0, 0.05) is 31.3 Å². The smallest absolute Gasteiger partial charge is 0.303 e. The molecule has 0 fully saturated rings. The molecule has 3 aromatic rings. The van der Waals surface area contributed by atoms with E-state index in [0.29, 0.717) is 16.4 Å². The van der Waals surface area contributed by atoms with E-state index >= 15 is 0 Å². The molecule has 1 atom stereocenters. The lowest BCUT2D eigenvalue weighted by Gasteiger charge is -2.19.